The van der Waals surface area contributed by atoms with E-state index < -0.39 is 0 Å². The van der Waals surface area contributed by atoms with Crippen molar-refractivity contribution in [2.24, 2.45) is 0 Å². The van der Waals surface area contributed by atoms with Crippen molar-refractivity contribution in [2.75, 3.05) is 0 Å². The van der Waals surface area contributed by atoms with Gasteiger partial charge >= 0.3 is 0 Å². The number of fused-ring (bicyclic) bond motifs is 1. The Hall–Kier alpha value is -3.62. The van der Waals surface area contributed by atoms with Gasteiger partial charge in [-0.25, -0.2) is 0 Å². The summed E-state index contributed by atoms with van der Waals surface area (Å²) >= 11 is 6.71. The van der Waals surface area contributed by atoms with E-state index in [1.165, 1.54) is 11.8 Å². The number of hydrogen-bond acceptors (Lipinski definition) is 5. The number of furan rings is 1. The molecule has 1 aliphatic heterocycles. The van der Waals surface area contributed by atoms with Crippen molar-refractivity contribution >= 4 is 57.1 Å². The van der Waals surface area contributed by atoms with Gasteiger partial charge in [0.05, 0.1) is 17.7 Å². The van der Waals surface area contributed by atoms with Gasteiger partial charge in [0, 0.05) is 29.2 Å². The molecule has 1 N–H and O–H groups in total. The van der Waals surface area contributed by atoms with Crippen LogP contribution in [0.3, 0.4) is 0 Å². The lowest BCUT2D eigenvalue weighted by Gasteiger charge is -2.11. The van der Waals surface area contributed by atoms with E-state index in [2.05, 4.69) is 5.32 Å². The maximum Gasteiger partial charge on any atom is 0.266 e. The van der Waals surface area contributed by atoms with Crippen molar-refractivity contribution in [1.29, 1.82) is 0 Å². The molecule has 1 aliphatic rings. The highest BCUT2D eigenvalue weighted by atomic mass is 32.2. The number of carbonyl (C=O) groups excluding carboxylic acids is 2. The molecule has 2 aromatic heterocycles. The zero-order valence-electron chi connectivity index (χ0n) is 18.1. The van der Waals surface area contributed by atoms with Gasteiger partial charge < -0.3 is 14.3 Å². The average Bonchev–Trinajstić information content (AvgIpc) is 3.55. The van der Waals surface area contributed by atoms with E-state index in [9.17, 15) is 9.59 Å². The largest absolute Gasteiger partial charge is 0.467 e. The summed E-state index contributed by atoms with van der Waals surface area (Å²) in [5.41, 5.74) is 2.84. The maximum atomic E-state index is 13.0. The number of hydrogen-bond donors (Lipinski definition) is 1. The summed E-state index contributed by atoms with van der Waals surface area (Å²) in [4.78, 5) is 27.7. The van der Waals surface area contributed by atoms with Gasteiger partial charge in [0.25, 0.3) is 5.91 Å². The molecule has 2 aromatic carbocycles. The van der Waals surface area contributed by atoms with Crippen LogP contribution in [0.1, 0.15) is 16.9 Å². The van der Waals surface area contributed by atoms with Crippen LogP contribution in [0, 0.1) is 0 Å². The van der Waals surface area contributed by atoms with Crippen LogP contribution in [0.2, 0.25) is 0 Å². The molecular formula is C26H21N3O3S2. The smallest absolute Gasteiger partial charge is 0.266 e. The molecule has 0 radical (unpaired) electrons. The van der Waals surface area contributed by atoms with E-state index in [-0.39, 0.29) is 18.4 Å². The molecular weight excluding hydrogens is 466 g/mol. The SMILES string of the molecule is O=C(Cn1cc(/C=C2\SC(=S)N(Cc3ccco3)C2=O)c2ccccc21)NCc1ccccc1. The van der Waals surface area contributed by atoms with Crippen LogP contribution >= 0.6 is 24.0 Å². The van der Waals surface area contributed by atoms with Gasteiger partial charge in [0.2, 0.25) is 5.91 Å². The van der Waals surface area contributed by atoms with Gasteiger partial charge in [-0.15, -0.1) is 0 Å². The molecule has 0 unspecified atom stereocenters. The summed E-state index contributed by atoms with van der Waals surface area (Å²) in [7, 11) is 0. The minimum absolute atomic E-state index is 0.0825. The third-order valence-electron chi connectivity index (χ3n) is 5.52. The van der Waals surface area contributed by atoms with Crippen LogP contribution in [0.15, 0.2) is 88.5 Å². The summed E-state index contributed by atoms with van der Waals surface area (Å²) in [5.74, 6) is 0.445. The first-order valence-electron chi connectivity index (χ1n) is 10.7. The highest BCUT2D eigenvalue weighted by molar-refractivity contribution is 8.26. The highest BCUT2D eigenvalue weighted by Crippen LogP contribution is 2.35. The number of thiocarbonyl (C=S) groups is 1. The topological polar surface area (TPSA) is 67.5 Å². The lowest BCUT2D eigenvalue weighted by Crippen LogP contribution is -2.27. The normalized spacial score (nSPS) is 14.9. The first-order valence-corrected chi connectivity index (χ1v) is 12.0. The van der Waals surface area contributed by atoms with Crippen molar-refractivity contribution in [3.63, 3.8) is 0 Å². The van der Waals surface area contributed by atoms with Crippen LogP contribution < -0.4 is 5.32 Å². The number of thioether (sulfide) groups is 1. The summed E-state index contributed by atoms with van der Waals surface area (Å²) in [5, 5.41) is 3.94. The van der Waals surface area contributed by atoms with Crippen LogP contribution in [-0.4, -0.2) is 25.6 Å². The summed E-state index contributed by atoms with van der Waals surface area (Å²) in [6.45, 7) is 0.961. The Morgan fingerprint density at radius 3 is 2.65 bits per heavy atom. The first kappa shape index (κ1) is 22.2. The number of carbonyl (C=O) groups is 2. The second-order valence-corrected chi connectivity index (χ2v) is 9.51. The number of nitrogens with zero attached hydrogens (tertiary/aromatic N) is 2. The molecule has 4 aromatic rings. The summed E-state index contributed by atoms with van der Waals surface area (Å²) in [6.07, 6.45) is 5.33. The van der Waals surface area contributed by atoms with E-state index in [0.717, 1.165) is 22.0 Å². The molecule has 170 valence electrons. The number of benzene rings is 2. The van der Waals surface area contributed by atoms with Crippen LogP contribution in [0.4, 0.5) is 0 Å². The van der Waals surface area contributed by atoms with Crippen molar-refractivity contribution in [3.8, 4) is 0 Å². The van der Waals surface area contributed by atoms with Crippen molar-refractivity contribution in [3.05, 3.63) is 101 Å². The number of rotatable bonds is 7. The third kappa shape index (κ3) is 4.69. The molecule has 1 saturated heterocycles. The molecule has 8 heteroatoms. The number of aromatic nitrogens is 1. The molecule has 3 heterocycles. The fraction of sp³-hybridized carbons (Fsp3) is 0.115. The molecule has 0 atom stereocenters. The minimum atomic E-state index is -0.149. The first-order chi connectivity index (χ1) is 16.6. The highest BCUT2D eigenvalue weighted by Gasteiger charge is 2.32. The Labute approximate surface area is 206 Å². The van der Waals surface area contributed by atoms with E-state index in [1.54, 1.807) is 17.2 Å². The van der Waals surface area contributed by atoms with Crippen LogP contribution in [0.25, 0.3) is 17.0 Å². The fourth-order valence-corrected chi connectivity index (χ4v) is 5.11. The maximum absolute atomic E-state index is 13.0. The Morgan fingerprint density at radius 2 is 1.85 bits per heavy atom. The molecule has 0 saturated carbocycles. The quantitative estimate of drug-likeness (QED) is 0.295. The van der Waals surface area contributed by atoms with Gasteiger partial charge in [-0.3, -0.25) is 14.5 Å². The lowest BCUT2D eigenvalue weighted by molar-refractivity contribution is -0.123. The molecule has 6 nitrogen and oxygen atoms in total. The molecule has 2 amide bonds. The minimum Gasteiger partial charge on any atom is -0.467 e. The zero-order valence-corrected chi connectivity index (χ0v) is 19.8. The van der Waals surface area contributed by atoms with E-state index in [4.69, 9.17) is 16.6 Å². The standard InChI is InChI=1S/C26H21N3O3S2/c30-24(27-14-18-7-2-1-3-8-18)17-28-15-19(21-10-4-5-11-22(21)28)13-23-25(31)29(26(33)34-23)16-20-9-6-12-32-20/h1-13,15H,14,16-17H2,(H,27,30)/b23-13-. The number of amides is 2. The summed E-state index contributed by atoms with van der Waals surface area (Å²) in [6, 6.07) is 21.2. The van der Waals surface area contributed by atoms with E-state index in [0.29, 0.717) is 28.1 Å². The van der Waals surface area contributed by atoms with Crippen LogP contribution in [0.5, 0.6) is 0 Å². The molecule has 0 bridgehead atoms. The van der Waals surface area contributed by atoms with E-state index >= 15 is 0 Å². The monoisotopic (exact) mass is 487 g/mol. The Kier molecular flexibility index (Phi) is 6.33. The predicted octanol–water partition coefficient (Wildman–Crippen LogP) is 4.95. The van der Waals surface area contributed by atoms with Crippen molar-refractivity contribution in [1.82, 2.24) is 14.8 Å². The van der Waals surface area contributed by atoms with Gasteiger partial charge in [0.15, 0.2) is 0 Å². The lowest BCUT2D eigenvalue weighted by atomic mass is 10.1. The fourth-order valence-electron chi connectivity index (χ4n) is 3.86. The number of para-hydroxylation sites is 1. The average molecular weight is 488 g/mol. The Bertz CT molecular complexity index is 1390. The summed E-state index contributed by atoms with van der Waals surface area (Å²) < 4.78 is 7.77. The molecule has 1 fully saturated rings. The molecule has 0 aliphatic carbocycles. The second-order valence-electron chi connectivity index (χ2n) is 7.84. The molecule has 0 spiro atoms. The molecule has 5 rings (SSSR count). The number of nitrogens with one attached hydrogen (secondary N) is 1. The van der Waals surface area contributed by atoms with Gasteiger partial charge in [0.1, 0.15) is 16.6 Å². The van der Waals surface area contributed by atoms with Gasteiger partial charge in [-0.05, 0) is 29.8 Å². The molecule has 34 heavy (non-hydrogen) atoms. The van der Waals surface area contributed by atoms with Gasteiger partial charge in [-0.2, -0.15) is 0 Å². The van der Waals surface area contributed by atoms with Crippen molar-refractivity contribution < 1.29 is 14.0 Å². The second kappa shape index (κ2) is 9.70. The predicted molar refractivity (Wildman–Crippen MR) is 138 cm³/mol. The van der Waals surface area contributed by atoms with Crippen molar-refractivity contribution in [2.45, 2.75) is 19.6 Å². The Balaban J connectivity index is 1.36. The van der Waals surface area contributed by atoms with Gasteiger partial charge in [-0.1, -0.05) is 72.5 Å². The Morgan fingerprint density at radius 1 is 1.06 bits per heavy atom. The van der Waals surface area contributed by atoms with E-state index in [1.807, 2.05) is 77.5 Å². The zero-order chi connectivity index (χ0) is 23.5. The third-order valence-corrected chi connectivity index (χ3v) is 6.90. The van der Waals surface area contributed by atoms with Crippen LogP contribution in [-0.2, 0) is 29.2 Å².